The third-order valence-electron chi connectivity index (χ3n) is 2.92. The van der Waals surface area contributed by atoms with E-state index in [1.807, 2.05) is 38.1 Å². The van der Waals surface area contributed by atoms with Crippen molar-refractivity contribution in [3.63, 3.8) is 0 Å². The van der Waals surface area contributed by atoms with Gasteiger partial charge in [0.05, 0.1) is 11.7 Å². The van der Waals surface area contributed by atoms with Gasteiger partial charge in [0.1, 0.15) is 0 Å². The van der Waals surface area contributed by atoms with Crippen molar-refractivity contribution in [3.05, 3.63) is 41.7 Å². The molecule has 1 amide bonds. The molecule has 0 aliphatic heterocycles. The molecule has 5 heteroatoms. The fourth-order valence-electron chi connectivity index (χ4n) is 1.87. The average Bonchev–Trinajstić information content (AvgIpc) is 2.86. The largest absolute Gasteiger partial charge is 0.377 e. The lowest BCUT2D eigenvalue weighted by atomic mass is 10.1. The lowest BCUT2D eigenvalue weighted by molar-refractivity contribution is -0.114. The highest BCUT2D eigenvalue weighted by molar-refractivity contribution is 5.90. The number of aryl methyl sites for hydroxylation is 1. The molecule has 19 heavy (non-hydrogen) atoms. The van der Waals surface area contributed by atoms with Gasteiger partial charge in [0.15, 0.2) is 0 Å². The molecule has 0 spiro atoms. The summed E-state index contributed by atoms with van der Waals surface area (Å²) in [5.41, 5.74) is 3.84. The third-order valence-corrected chi connectivity index (χ3v) is 2.92. The van der Waals surface area contributed by atoms with Crippen LogP contribution in [0.1, 0.15) is 31.1 Å². The van der Waals surface area contributed by atoms with Crippen LogP contribution in [0.2, 0.25) is 0 Å². The molecule has 1 aromatic heterocycles. The normalized spacial score (nSPS) is 11.9. The number of aromatic nitrogens is 2. The van der Waals surface area contributed by atoms with E-state index >= 15 is 0 Å². The van der Waals surface area contributed by atoms with Crippen LogP contribution in [-0.4, -0.2) is 16.1 Å². The van der Waals surface area contributed by atoms with Gasteiger partial charge >= 0.3 is 0 Å². The first-order chi connectivity index (χ1) is 9.06. The highest BCUT2D eigenvalue weighted by Gasteiger charge is 2.08. The van der Waals surface area contributed by atoms with Crippen molar-refractivity contribution in [3.8, 4) is 0 Å². The number of nitrogens with one attached hydrogen (secondary N) is 3. The lowest BCUT2D eigenvalue weighted by Crippen LogP contribution is -2.10. The molecular weight excluding hydrogens is 240 g/mol. The van der Waals surface area contributed by atoms with E-state index in [0.717, 1.165) is 22.6 Å². The highest BCUT2D eigenvalue weighted by atomic mass is 16.1. The Morgan fingerprint density at radius 3 is 2.79 bits per heavy atom. The average molecular weight is 258 g/mol. The van der Waals surface area contributed by atoms with Crippen molar-refractivity contribution in [2.24, 2.45) is 0 Å². The molecule has 0 saturated carbocycles. The molecule has 3 N–H and O–H groups in total. The zero-order valence-corrected chi connectivity index (χ0v) is 11.3. The smallest absolute Gasteiger partial charge is 0.221 e. The van der Waals surface area contributed by atoms with Crippen LogP contribution in [-0.2, 0) is 4.79 Å². The summed E-state index contributed by atoms with van der Waals surface area (Å²) in [5, 5.41) is 13.1. The summed E-state index contributed by atoms with van der Waals surface area (Å²) in [7, 11) is 0. The summed E-state index contributed by atoms with van der Waals surface area (Å²) in [4.78, 5) is 11.1. The molecule has 1 aromatic carbocycles. The minimum absolute atomic E-state index is 0.0677. The molecule has 0 bridgehead atoms. The number of anilines is 2. The van der Waals surface area contributed by atoms with Crippen LogP contribution >= 0.6 is 0 Å². The lowest BCUT2D eigenvalue weighted by Gasteiger charge is -2.15. The van der Waals surface area contributed by atoms with Gasteiger partial charge in [0, 0.05) is 24.5 Å². The summed E-state index contributed by atoms with van der Waals surface area (Å²) in [6, 6.07) is 7.96. The van der Waals surface area contributed by atoms with Crippen LogP contribution in [0.3, 0.4) is 0 Å². The Hall–Kier alpha value is -2.30. The van der Waals surface area contributed by atoms with Crippen LogP contribution in [0.25, 0.3) is 0 Å². The van der Waals surface area contributed by atoms with Crippen molar-refractivity contribution in [2.45, 2.75) is 26.8 Å². The maximum Gasteiger partial charge on any atom is 0.221 e. The summed E-state index contributed by atoms with van der Waals surface area (Å²) < 4.78 is 0. The molecule has 100 valence electrons. The van der Waals surface area contributed by atoms with E-state index in [2.05, 4.69) is 20.8 Å². The molecule has 0 aliphatic carbocycles. The summed E-state index contributed by atoms with van der Waals surface area (Å²) in [6.45, 7) is 5.52. The first-order valence-corrected chi connectivity index (χ1v) is 6.20. The molecule has 0 saturated heterocycles. The zero-order valence-electron chi connectivity index (χ0n) is 11.3. The van der Waals surface area contributed by atoms with Gasteiger partial charge in [-0.1, -0.05) is 6.07 Å². The topological polar surface area (TPSA) is 69.8 Å². The Bertz CT molecular complexity index is 563. The number of hydrogen-bond donors (Lipinski definition) is 3. The predicted molar refractivity (Wildman–Crippen MR) is 76.1 cm³/mol. The van der Waals surface area contributed by atoms with E-state index in [9.17, 15) is 4.79 Å². The van der Waals surface area contributed by atoms with Gasteiger partial charge in [-0.25, -0.2) is 0 Å². The maximum atomic E-state index is 11.1. The van der Waals surface area contributed by atoms with Crippen molar-refractivity contribution in [1.29, 1.82) is 0 Å². The fraction of sp³-hybridized carbons (Fsp3) is 0.286. The van der Waals surface area contributed by atoms with Gasteiger partial charge in [0.25, 0.3) is 0 Å². The Labute approximate surface area is 112 Å². The second-order valence-corrected chi connectivity index (χ2v) is 4.59. The molecule has 2 aromatic rings. The number of benzene rings is 1. The number of H-pyrrole nitrogens is 1. The van der Waals surface area contributed by atoms with Gasteiger partial charge in [0.2, 0.25) is 5.91 Å². The van der Waals surface area contributed by atoms with Crippen LogP contribution in [0.5, 0.6) is 0 Å². The number of rotatable bonds is 4. The standard InChI is InChI=1S/C14H18N4O/c1-9-4-5-12(8-14(9)17-11(3)19)16-10(2)13-6-7-15-18-13/h4-8,10,16H,1-3H3,(H,15,18)(H,17,19). The first-order valence-electron chi connectivity index (χ1n) is 6.20. The maximum absolute atomic E-state index is 11.1. The van der Waals surface area contributed by atoms with E-state index in [1.54, 1.807) is 6.20 Å². The molecule has 2 rings (SSSR count). The summed E-state index contributed by atoms with van der Waals surface area (Å²) >= 11 is 0. The van der Waals surface area contributed by atoms with E-state index in [0.29, 0.717) is 0 Å². The van der Waals surface area contributed by atoms with Crippen LogP contribution in [0.4, 0.5) is 11.4 Å². The van der Waals surface area contributed by atoms with Crippen molar-refractivity contribution < 1.29 is 4.79 Å². The van der Waals surface area contributed by atoms with Gasteiger partial charge in [-0.15, -0.1) is 0 Å². The van der Waals surface area contributed by atoms with Crippen LogP contribution in [0.15, 0.2) is 30.5 Å². The summed E-state index contributed by atoms with van der Waals surface area (Å²) in [6.07, 6.45) is 1.73. The molecule has 0 aliphatic rings. The molecule has 1 heterocycles. The minimum Gasteiger partial charge on any atom is -0.377 e. The molecule has 0 radical (unpaired) electrons. The second-order valence-electron chi connectivity index (χ2n) is 4.59. The Kier molecular flexibility index (Phi) is 3.85. The Balaban J connectivity index is 2.14. The number of hydrogen-bond acceptors (Lipinski definition) is 3. The number of amides is 1. The monoisotopic (exact) mass is 258 g/mol. The van der Waals surface area contributed by atoms with Crippen LogP contribution in [0, 0.1) is 6.92 Å². The zero-order chi connectivity index (χ0) is 13.8. The second kappa shape index (κ2) is 5.56. The number of carbonyl (C=O) groups is 1. The fourth-order valence-corrected chi connectivity index (χ4v) is 1.87. The predicted octanol–water partition coefficient (Wildman–Crippen LogP) is 2.85. The molecule has 0 fully saturated rings. The first kappa shape index (κ1) is 13.1. The van der Waals surface area contributed by atoms with E-state index in [4.69, 9.17) is 0 Å². The SMILES string of the molecule is CC(=O)Nc1cc(NC(C)c2ccn[nH]2)ccc1C. The Morgan fingerprint density at radius 2 is 2.16 bits per heavy atom. The Morgan fingerprint density at radius 1 is 1.37 bits per heavy atom. The van der Waals surface area contributed by atoms with Crippen molar-refractivity contribution >= 4 is 17.3 Å². The molecule has 1 unspecified atom stereocenters. The number of aromatic amines is 1. The molecular formula is C14H18N4O. The quantitative estimate of drug-likeness (QED) is 0.789. The van der Waals surface area contributed by atoms with E-state index in [1.165, 1.54) is 6.92 Å². The minimum atomic E-state index is -0.0677. The third kappa shape index (κ3) is 3.34. The van der Waals surface area contributed by atoms with Crippen LogP contribution < -0.4 is 10.6 Å². The van der Waals surface area contributed by atoms with Gasteiger partial charge in [-0.05, 0) is 37.6 Å². The van der Waals surface area contributed by atoms with E-state index in [-0.39, 0.29) is 11.9 Å². The van der Waals surface area contributed by atoms with Crippen molar-refractivity contribution in [2.75, 3.05) is 10.6 Å². The molecule has 5 nitrogen and oxygen atoms in total. The summed E-state index contributed by atoms with van der Waals surface area (Å²) in [5.74, 6) is -0.0677. The van der Waals surface area contributed by atoms with E-state index < -0.39 is 0 Å². The molecule has 1 atom stereocenters. The number of nitrogens with zero attached hydrogens (tertiary/aromatic N) is 1. The van der Waals surface area contributed by atoms with Gasteiger partial charge < -0.3 is 10.6 Å². The van der Waals surface area contributed by atoms with Crippen molar-refractivity contribution in [1.82, 2.24) is 10.2 Å². The highest BCUT2D eigenvalue weighted by Crippen LogP contribution is 2.23. The van der Waals surface area contributed by atoms with Gasteiger partial charge in [-0.2, -0.15) is 5.10 Å². The number of carbonyl (C=O) groups excluding carboxylic acids is 1. The van der Waals surface area contributed by atoms with Gasteiger partial charge in [-0.3, -0.25) is 9.89 Å².